The van der Waals surface area contributed by atoms with Gasteiger partial charge in [-0.25, -0.2) is 0 Å². The molecule has 2 rings (SSSR count). The Hall–Kier alpha value is -0.890. The second-order valence-corrected chi connectivity index (χ2v) is 4.37. The van der Waals surface area contributed by atoms with Crippen LogP contribution in [-0.2, 0) is 5.41 Å². The van der Waals surface area contributed by atoms with Gasteiger partial charge in [-0.15, -0.1) is 0 Å². The predicted molar refractivity (Wildman–Crippen MR) is 58.0 cm³/mol. The maximum absolute atomic E-state index is 5.95. The first-order chi connectivity index (χ1) is 6.79. The van der Waals surface area contributed by atoms with E-state index in [2.05, 4.69) is 24.0 Å². The standard InChI is InChI=1S/C12H18N2/c1-10-5-4-7-12(10,9-13)11-6-2-3-8-14-11/h2-3,6,8,10H,4-5,7,9,13H2,1H3. The lowest BCUT2D eigenvalue weighted by atomic mass is 9.76. The molecular formula is C12H18N2. The zero-order chi connectivity index (χ0) is 10.0. The third-order valence-electron chi connectivity index (χ3n) is 3.74. The van der Waals surface area contributed by atoms with Crippen LogP contribution in [0.3, 0.4) is 0 Å². The van der Waals surface area contributed by atoms with Crippen molar-refractivity contribution < 1.29 is 0 Å². The summed E-state index contributed by atoms with van der Waals surface area (Å²) >= 11 is 0. The number of aromatic nitrogens is 1. The van der Waals surface area contributed by atoms with E-state index in [0.717, 1.165) is 6.54 Å². The third kappa shape index (κ3) is 1.34. The van der Waals surface area contributed by atoms with Crippen LogP contribution in [0.4, 0.5) is 0 Å². The summed E-state index contributed by atoms with van der Waals surface area (Å²) in [5.41, 5.74) is 7.29. The molecule has 1 aliphatic rings. The highest BCUT2D eigenvalue weighted by atomic mass is 14.8. The molecule has 2 heteroatoms. The number of pyridine rings is 1. The van der Waals surface area contributed by atoms with E-state index in [-0.39, 0.29) is 5.41 Å². The molecule has 0 aliphatic heterocycles. The maximum atomic E-state index is 5.95. The number of nitrogens with zero attached hydrogens (tertiary/aromatic N) is 1. The average Bonchev–Trinajstić information content (AvgIpc) is 2.62. The predicted octanol–water partition coefficient (Wildman–Crippen LogP) is 2.10. The molecule has 2 nitrogen and oxygen atoms in total. The van der Waals surface area contributed by atoms with Crippen molar-refractivity contribution in [3.8, 4) is 0 Å². The number of hydrogen-bond acceptors (Lipinski definition) is 2. The number of rotatable bonds is 2. The van der Waals surface area contributed by atoms with Crippen molar-refractivity contribution in [2.24, 2.45) is 11.7 Å². The van der Waals surface area contributed by atoms with E-state index in [1.54, 1.807) is 0 Å². The van der Waals surface area contributed by atoms with Crippen molar-refractivity contribution >= 4 is 0 Å². The van der Waals surface area contributed by atoms with E-state index in [9.17, 15) is 0 Å². The van der Waals surface area contributed by atoms with Crippen molar-refractivity contribution in [1.29, 1.82) is 0 Å². The van der Waals surface area contributed by atoms with Crippen LogP contribution in [0.25, 0.3) is 0 Å². The molecule has 1 fully saturated rings. The van der Waals surface area contributed by atoms with Crippen molar-refractivity contribution in [3.05, 3.63) is 30.1 Å². The van der Waals surface area contributed by atoms with Crippen LogP contribution in [0.15, 0.2) is 24.4 Å². The molecule has 1 heterocycles. The van der Waals surface area contributed by atoms with Gasteiger partial charge < -0.3 is 5.73 Å². The van der Waals surface area contributed by atoms with Gasteiger partial charge in [-0.1, -0.05) is 19.4 Å². The maximum Gasteiger partial charge on any atom is 0.0480 e. The highest BCUT2D eigenvalue weighted by molar-refractivity contribution is 5.21. The Labute approximate surface area is 85.5 Å². The van der Waals surface area contributed by atoms with E-state index in [1.807, 2.05) is 12.3 Å². The van der Waals surface area contributed by atoms with Crippen LogP contribution in [0.2, 0.25) is 0 Å². The highest BCUT2D eigenvalue weighted by Gasteiger charge is 2.41. The van der Waals surface area contributed by atoms with E-state index < -0.39 is 0 Å². The fraction of sp³-hybridized carbons (Fsp3) is 0.583. The summed E-state index contributed by atoms with van der Waals surface area (Å²) in [6.07, 6.45) is 5.64. The molecule has 14 heavy (non-hydrogen) atoms. The average molecular weight is 190 g/mol. The van der Waals surface area contributed by atoms with Gasteiger partial charge in [0.25, 0.3) is 0 Å². The van der Waals surface area contributed by atoms with E-state index >= 15 is 0 Å². The molecule has 76 valence electrons. The summed E-state index contributed by atoms with van der Waals surface area (Å²) in [6, 6.07) is 6.15. The number of hydrogen-bond donors (Lipinski definition) is 1. The fourth-order valence-corrected chi connectivity index (χ4v) is 2.69. The molecule has 0 radical (unpaired) electrons. The minimum atomic E-state index is 0.154. The van der Waals surface area contributed by atoms with Crippen molar-refractivity contribution in [1.82, 2.24) is 4.98 Å². The molecule has 1 saturated carbocycles. The first-order valence-electron chi connectivity index (χ1n) is 5.41. The van der Waals surface area contributed by atoms with Gasteiger partial charge >= 0.3 is 0 Å². The Morgan fingerprint density at radius 1 is 1.57 bits per heavy atom. The first kappa shape index (κ1) is 9.66. The van der Waals surface area contributed by atoms with Gasteiger partial charge in [0.05, 0.1) is 0 Å². The lowest BCUT2D eigenvalue weighted by Crippen LogP contribution is -2.38. The molecule has 0 saturated heterocycles. The van der Waals surface area contributed by atoms with E-state index in [0.29, 0.717) is 5.92 Å². The Morgan fingerprint density at radius 3 is 2.93 bits per heavy atom. The van der Waals surface area contributed by atoms with Crippen LogP contribution in [-0.4, -0.2) is 11.5 Å². The van der Waals surface area contributed by atoms with Gasteiger partial charge in [-0.3, -0.25) is 4.98 Å². The molecular weight excluding hydrogens is 172 g/mol. The SMILES string of the molecule is CC1CCCC1(CN)c1ccccn1. The van der Waals surface area contributed by atoms with Crippen molar-refractivity contribution in [3.63, 3.8) is 0 Å². The van der Waals surface area contributed by atoms with Gasteiger partial charge in [0.1, 0.15) is 0 Å². The van der Waals surface area contributed by atoms with E-state index in [1.165, 1.54) is 25.0 Å². The van der Waals surface area contributed by atoms with Crippen molar-refractivity contribution in [2.75, 3.05) is 6.54 Å². The lowest BCUT2D eigenvalue weighted by molar-refractivity contribution is 0.337. The molecule has 0 amide bonds. The zero-order valence-corrected chi connectivity index (χ0v) is 8.74. The molecule has 1 aromatic heterocycles. The lowest BCUT2D eigenvalue weighted by Gasteiger charge is -2.31. The smallest absolute Gasteiger partial charge is 0.0480 e. The topological polar surface area (TPSA) is 38.9 Å². The van der Waals surface area contributed by atoms with Gasteiger partial charge in [-0.05, 0) is 30.9 Å². The van der Waals surface area contributed by atoms with Crippen LogP contribution in [0, 0.1) is 5.92 Å². The summed E-state index contributed by atoms with van der Waals surface area (Å²) < 4.78 is 0. The molecule has 2 atom stereocenters. The minimum absolute atomic E-state index is 0.154. The Balaban J connectivity index is 2.38. The summed E-state index contributed by atoms with van der Waals surface area (Å²) in [6.45, 7) is 3.03. The minimum Gasteiger partial charge on any atom is -0.330 e. The summed E-state index contributed by atoms with van der Waals surface area (Å²) in [4.78, 5) is 4.47. The highest BCUT2D eigenvalue weighted by Crippen LogP contribution is 2.43. The molecule has 2 unspecified atom stereocenters. The van der Waals surface area contributed by atoms with Gasteiger partial charge in [0, 0.05) is 23.9 Å². The molecule has 1 aliphatic carbocycles. The van der Waals surface area contributed by atoms with Gasteiger partial charge in [-0.2, -0.15) is 0 Å². The summed E-state index contributed by atoms with van der Waals surface area (Å²) in [5, 5.41) is 0. The first-order valence-corrected chi connectivity index (χ1v) is 5.41. The molecule has 0 bridgehead atoms. The van der Waals surface area contributed by atoms with Gasteiger partial charge in [0.2, 0.25) is 0 Å². The Morgan fingerprint density at radius 2 is 2.43 bits per heavy atom. The number of nitrogens with two attached hydrogens (primary N) is 1. The molecule has 2 N–H and O–H groups in total. The fourth-order valence-electron chi connectivity index (χ4n) is 2.69. The zero-order valence-electron chi connectivity index (χ0n) is 8.74. The van der Waals surface area contributed by atoms with Crippen LogP contribution < -0.4 is 5.73 Å². The van der Waals surface area contributed by atoms with Crippen LogP contribution >= 0.6 is 0 Å². The van der Waals surface area contributed by atoms with Crippen molar-refractivity contribution in [2.45, 2.75) is 31.6 Å². The van der Waals surface area contributed by atoms with E-state index in [4.69, 9.17) is 5.73 Å². The molecule has 1 aromatic rings. The van der Waals surface area contributed by atoms with Gasteiger partial charge in [0.15, 0.2) is 0 Å². The molecule has 0 spiro atoms. The quantitative estimate of drug-likeness (QED) is 0.775. The summed E-state index contributed by atoms with van der Waals surface area (Å²) in [5.74, 6) is 0.669. The van der Waals surface area contributed by atoms with Crippen LogP contribution in [0.1, 0.15) is 31.9 Å². The monoisotopic (exact) mass is 190 g/mol. The Bertz CT molecular complexity index is 296. The van der Waals surface area contributed by atoms with Crippen LogP contribution in [0.5, 0.6) is 0 Å². The second-order valence-electron chi connectivity index (χ2n) is 4.37. The largest absolute Gasteiger partial charge is 0.330 e. The Kier molecular flexibility index (Phi) is 2.55. The second kappa shape index (κ2) is 3.70. The normalized spacial score (nSPS) is 32.0. The molecule has 0 aromatic carbocycles. The third-order valence-corrected chi connectivity index (χ3v) is 3.74. The summed E-state index contributed by atoms with van der Waals surface area (Å²) in [7, 11) is 0.